The lowest BCUT2D eigenvalue weighted by Gasteiger charge is -2.32. The summed E-state index contributed by atoms with van der Waals surface area (Å²) in [5.74, 6) is -0.967. The van der Waals surface area contributed by atoms with Gasteiger partial charge in [-0.1, -0.05) is 6.42 Å². The molecule has 2 heterocycles. The fraction of sp³-hybridized carbons (Fsp3) is 0.538. The van der Waals surface area contributed by atoms with Crippen molar-refractivity contribution < 1.29 is 9.90 Å². The molecule has 0 aromatic carbocycles. The van der Waals surface area contributed by atoms with Crippen LogP contribution in [0.2, 0.25) is 0 Å². The van der Waals surface area contributed by atoms with Crippen LogP contribution in [0.5, 0.6) is 0 Å². The predicted octanol–water partition coefficient (Wildman–Crippen LogP) is 2.16. The Kier molecular flexibility index (Phi) is 3.61. The first kappa shape index (κ1) is 11.9. The minimum atomic E-state index is -0.687. The molecule has 1 saturated heterocycles. The second kappa shape index (κ2) is 5.17. The number of hydrogen-bond acceptors (Lipinski definition) is 3. The first-order valence-electron chi connectivity index (χ1n) is 6.09. The fourth-order valence-electron chi connectivity index (χ4n) is 2.53. The molecule has 0 amide bonds. The molecule has 92 valence electrons. The van der Waals surface area contributed by atoms with E-state index >= 15 is 0 Å². The summed E-state index contributed by atoms with van der Waals surface area (Å²) >= 11 is 0. The maximum Gasteiger partial charge on any atom is 0.308 e. The van der Waals surface area contributed by atoms with E-state index in [0.29, 0.717) is 0 Å². The lowest BCUT2D eigenvalue weighted by Crippen LogP contribution is -2.40. The fourth-order valence-corrected chi connectivity index (χ4v) is 2.53. The molecule has 1 aliphatic heterocycles. The minimum Gasteiger partial charge on any atom is -0.481 e. The molecule has 2 atom stereocenters. The summed E-state index contributed by atoms with van der Waals surface area (Å²) in [6.45, 7) is 2.91. The van der Waals surface area contributed by atoms with E-state index in [1.165, 1.54) is 0 Å². The van der Waals surface area contributed by atoms with E-state index in [1.54, 1.807) is 12.4 Å². The Labute approximate surface area is 101 Å². The standard InChI is InChI=1S/C13H18N2O2/c1-10-12(13(16)17)6-2-3-8-15(10)11-5-4-7-14-9-11/h4-5,7,9-10,12H,2-3,6,8H2,1H3,(H,16,17)/t10-,12+/m1/s1. The van der Waals surface area contributed by atoms with Crippen LogP contribution in [-0.4, -0.2) is 28.6 Å². The summed E-state index contributed by atoms with van der Waals surface area (Å²) in [4.78, 5) is 17.5. The van der Waals surface area contributed by atoms with Gasteiger partial charge in [-0.15, -0.1) is 0 Å². The molecule has 1 aromatic heterocycles. The van der Waals surface area contributed by atoms with Crippen LogP contribution in [0.25, 0.3) is 0 Å². The van der Waals surface area contributed by atoms with E-state index in [2.05, 4.69) is 9.88 Å². The Hall–Kier alpha value is -1.58. The van der Waals surface area contributed by atoms with Crippen LogP contribution in [-0.2, 0) is 4.79 Å². The summed E-state index contributed by atoms with van der Waals surface area (Å²) in [7, 11) is 0. The molecule has 1 fully saturated rings. The third-order valence-electron chi connectivity index (χ3n) is 3.53. The van der Waals surface area contributed by atoms with Crippen molar-refractivity contribution in [1.29, 1.82) is 0 Å². The van der Waals surface area contributed by atoms with E-state index in [0.717, 1.165) is 31.5 Å². The van der Waals surface area contributed by atoms with Crippen molar-refractivity contribution in [2.45, 2.75) is 32.2 Å². The molecule has 0 spiro atoms. The average molecular weight is 234 g/mol. The number of hydrogen-bond donors (Lipinski definition) is 1. The number of anilines is 1. The van der Waals surface area contributed by atoms with Crippen molar-refractivity contribution in [3.8, 4) is 0 Å². The summed E-state index contributed by atoms with van der Waals surface area (Å²) in [5, 5.41) is 9.26. The second-order valence-electron chi connectivity index (χ2n) is 4.59. The quantitative estimate of drug-likeness (QED) is 0.852. The third kappa shape index (κ3) is 2.57. The number of nitrogens with zero attached hydrogens (tertiary/aromatic N) is 2. The Balaban J connectivity index is 2.23. The number of rotatable bonds is 2. The lowest BCUT2D eigenvalue weighted by molar-refractivity contribution is -0.142. The van der Waals surface area contributed by atoms with Gasteiger partial charge in [0.25, 0.3) is 0 Å². The van der Waals surface area contributed by atoms with Crippen molar-refractivity contribution in [2.24, 2.45) is 5.92 Å². The van der Waals surface area contributed by atoms with Crippen molar-refractivity contribution in [1.82, 2.24) is 4.98 Å². The monoisotopic (exact) mass is 234 g/mol. The highest BCUT2D eigenvalue weighted by Gasteiger charge is 2.31. The molecule has 4 nitrogen and oxygen atoms in total. The van der Waals surface area contributed by atoms with Gasteiger partial charge in [-0.05, 0) is 31.9 Å². The Bertz CT molecular complexity index is 380. The van der Waals surface area contributed by atoms with E-state index in [9.17, 15) is 9.90 Å². The van der Waals surface area contributed by atoms with Crippen LogP contribution in [0.4, 0.5) is 5.69 Å². The Morgan fingerprint density at radius 3 is 3.00 bits per heavy atom. The van der Waals surface area contributed by atoms with Gasteiger partial charge >= 0.3 is 5.97 Å². The molecule has 0 radical (unpaired) electrons. The van der Waals surface area contributed by atoms with Crippen molar-refractivity contribution in [2.75, 3.05) is 11.4 Å². The van der Waals surface area contributed by atoms with Crippen LogP contribution in [0.15, 0.2) is 24.5 Å². The molecule has 1 aromatic rings. The van der Waals surface area contributed by atoms with Crippen LogP contribution in [0.3, 0.4) is 0 Å². The van der Waals surface area contributed by atoms with Gasteiger partial charge in [-0.2, -0.15) is 0 Å². The predicted molar refractivity (Wildman–Crippen MR) is 66.0 cm³/mol. The zero-order chi connectivity index (χ0) is 12.3. The average Bonchev–Trinajstić information content (AvgIpc) is 2.52. The minimum absolute atomic E-state index is 0.0270. The molecular weight excluding hydrogens is 216 g/mol. The molecule has 0 saturated carbocycles. The van der Waals surface area contributed by atoms with Gasteiger partial charge in [0.05, 0.1) is 17.8 Å². The first-order chi connectivity index (χ1) is 8.20. The zero-order valence-electron chi connectivity index (χ0n) is 10.0. The number of aromatic nitrogens is 1. The summed E-state index contributed by atoms with van der Waals surface area (Å²) in [6, 6.07) is 3.91. The lowest BCUT2D eigenvalue weighted by atomic mass is 9.96. The largest absolute Gasteiger partial charge is 0.481 e. The van der Waals surface area contributed by atoms with Crippen molar-refractivity contribution >= 4 is 11.7 Å². The van der Waals surface area contributed by atoms with Gasteiger partial charge in [0.15, 0.2) is 0 Å². The van der Waals surface area contributed by atoms with E-state index in [4.69, 9.17) is 0 Å². The SMILES string of the molecule is C[C@@H]1[C@@H](C(=O)O)CCCCN1c1cccnc1. The number of carbonyl (C=O) groups is 1. The number of pyridine rings is 1. The maximum atomic E-state index is 11.3. The highest BCUT2D eigenvalue weighted by atomic mass is 16.4. The highest BCUT2D eigenvalue weighted by Crippen LogP contribution is 2.27. The summed E-state index contributed by atoms with van der Waals surface area (Å²) < 4.78 is 0. The zero-order valence-corrected chi connectivity index (χ0v) is 10.0. The van der Waals surface area contributed by atoms with E-state index in [1.807, 2.05) is 19.1 Å². The van der Waals surface area contributed by atoms with Gasteiger partial charge in [0, 0.05) is 18.8 Å². The smallest absolute Gasteiger partial charge is 0.308 e. The van der Waals surface area contributed by atoms with E-state index < -0.39 is 5.97 Å². The Morgan fingerprint density at radius 1 is 1.53 bits per heavy atom. The maximum absolute atomic E-state index is 11.3. The third-order valence-corrected chi connectivity index (χ3v) is 3.53. The number of carboxylic acid groups (broad SMARTS) is 1. The molecule has 0 unspecified atom stereocenters. The molecule has 1 N–H and O–H groups in total. The van der Waals surface area contributed by atoms with Gasteiger partial charge in [0.1, 0.15) is 0 Å². The van der Waals surface area contributed by atoms with Gasteiger partial charge in [0.2, 0.25) is 0 Å². The topological polar surface area (TPSA) is 53.4 Å². The number of carboxylic acids is 1. The van der Waals surface area contributed by atoms with Crippen LogP contribution < -0.4 is 4.90 Å². The van der Waals surface area contributed by atoms with Crippen molar-refractivity contribution in [3.63, 3.8) is 0 Å². The van der Waals surface area contributed by atoms with Gasteiger partial charge in [-0.3, -0.25) is 9.78 Å². The Morgan fingerprint density at radius 2 is 2.35 bits per heavy atom. The molecule has 1 aliphatic rings. The molecule has 17 heavy (non-hydrogen) atoms. The molecule has 0 aliphatic carbocycles. The normalized spacial score (nSPS) is 25.4. The molecular formula is C13H18N2O2. The molecule has 2 rings (SSSR count). The van der Waals surface area contributed by atoms with Gasteiger partial charge in [-0.25, -0.2) is 0 Å². The first-order valence-corrected chi connectivity index (χ1v) is 6.09. The number of aliphatic carboxylic acids is 1. The van der Waals surface area contributed by atoms with Crippen LogP contribution in [0.1, 0.15) is 26.2 Å². The molecule has 4 heteroatoms. The summed E-state index contributed by atoms with van der Waals surface area (Å²) in [5.41, 5.74) is 1.02. The van der Waals surface area contributed by atoms with Gasteiger partial charge < -0.3 is 10.0 Å². The summed E-state index contributed by atoms with van der Waals surface area (Å²) in [6.07, 6.45) is 6.34. The van der Waals surface area contributed by atoms with E-state index in [-0.39, 0.29) is 12.0 Å². The van der Waals surface area contributed by atoms with Crippen LogP contribution in [0, 0.1) is 5.92 Å². The molecule has 0 bridgehead atoms. The second-order valence-corrected chi connectivity index (χ2v) is 4.59. The van der Waals surface area contributed by atoms with Crippen LogP contribution >= 0.6 is 0 Å². The highest BCUT2D eigenvalue weighted by molar-refractivity contribution is 5.72. The van der Waals surface area contributed by atoms with Crippen molar-refractivity contribution in [3.05, 3.63) is 24.5 Å².